The molecule has 146 valence electrons. The number of para-hydroxylation sites is 1. The summed E-state index contributed by atoms with van der Waals surface area (Å²) in [6, 6.07) is 9.32. The molecule has 2 heteroatoms. The minimum absolute atomic E-state index is 0.794. The molecule has 1 saturated carbocycles. The van der Waals surface area contributed by atoms with E-state index in [1.165, 1.54) is 90.5 Å². The molecular formula is C24H40N2. The van der Waals surface area contributed by atoms with Gasteiger partial charge in [0, 0.05) is 31.9 Å². The fraction of sp³-hybridized carbons (Fsp3) is 0.750. The minimum Gasteiger partial charge on any atom is -0.369 e. The SMILES string of the molecule is CCCCC1CCC(c2ccccc2N2CCN(CCCC)CC2)CC1. The molecule has 1 heterocycles. The molecule has 0 unspecified atom stereocenters. The average Bonchev–Trinajstić information content (AvgIpc) is 2.71. The highest BCUT2D eigenvalue weighted by Gasteiger charge is 2.26. The van der Waals surface area contributed by atoms with E-state index in [1.54, 1.807) is 11.3 Å². The largest absolute Gasteiger partial charge is 0.369 e. The second-order valence-electron chi connectivity index (χ2n) is 8.60. The van der Waals surface area contributed by atoms with E-state index < -0.39 is 0 Å². The number of anilines is 1. The molecule has 1 aliphatic carbocycles. The van der Waals surface area contributed by atoms with Gasteiger partial charge in [-0.15, -0.1) is 0 Å². The summed E-state index contributed by atoms with van der Waals surface area (Å²) in [5, 5.41) is 0. The quantitative estimate of drug-likeness (QED) is 0.557. The van der Waals surface area contributed by atoms with Crippen LogP contribution in [0.15, 0.2) is 24.3 Å². The molecule has 2 nitrogen and oxygen atoms in total. The van der Waals surface area contributed by atoms with E-state index in [0.717, 1.165) is 11.8 Å². The van der Waals surface area contributed by atoms with Gasteiger partial charge < -0.3 is 4.90 Å². The van der Waals surface area contributed by atoms with Crippen molar-refractivity contribution in [1.29, 1.82) is 0 Å². The Kier molecular flexibility index (Phi) is 7.85. The Labute approximate surface area is 162 Å². The summed E-state index contributed by atoms with van der Waals surface area (Å²) in [4.78, 5) is 5.32. The van der Waals surface area contributed by atoms with E-state index >= 15 is 0 Å². The summed E-state index contributed by atoms with van der Waals surface area (Å²) >= 11 is 0. The van der Waals surface area contributed by atoms with E-state index in [0.29, 0.717) is 0 Å². The van der Waals surface area contributed by atoms with Crippen molar-refractivity contribution in [3.8, 4) is 0 Å². The van der Waals surface area contributed by atoms with Crippen molar-refractivity contribution < 1.29 is 0 Å². The number of piperazine rings is 1. The van der Waals surface area contributed by atoms with Gasteiger partial charge in [0.25, 0.3) is 0 Å². The van der Waals surface area contributed by atoms with Gasteiger partial charge in [-0.2, -0.15) is 0 Å². The highest BCUT2D eigenvalue weighted by atomic mass is 15.3. The Morgan fingerprint density at radius 1 is 0.846 bits per heavy atom. The van der Waals surface area contributed by atoms with E-state index in [-0.39, 0.29) is 0 Å². The maximum Gasteiger partial charge on any atom is 0.0402 e. The van der Waals surface area contributed by atoms with Crippen LogP contribution in [-0.2, 0) is 0 Å². The lowest BCUT2D eigenvalue weighted by molar-refractivity contribution is 0.253. The number of unbranched alkanes of at least 4 members (excludes halogenated alkanes) is 2. The Balaban J connectivity index is 1.57. The zero-order chi connectivity index (χ0) is 18.2. The van der Waals surface area contributed by atoms with Gasteiger partial charge in [0.1, 0.15) is 0 Å². The van der Waals surface area contributed by atoms with Crippen LogP contribution in [0.5, 0.6) is 0 Å². The fourth-order valence-corrected chi connectivity index (χ4v) is 4.97. The molecule has 0 amide bonds. The zero-order valence-corrected chi connectivity index (χ0v) is 17.3. The maximum atomic E-state index is 2.67. The molecule has 1 aromatic rings. The van der Waals surface area contributed by atoms with Crippen molar-refractivity contribution in [3.63, 3.8) is 0 Å². The average molecular weight is 357 g/mol. The van der Waals surface area contributed by atoms with Crippen molar-refractivity contribution in [2.24, 2.45) is 5.92 Å². The third-order valence-corrected chi connectivity index (χ3v) is 6.73. The highest BCUT2D eigenvalue weighted by molar-refractivity contribution is 5.55. The van der Waals surface area contributed by atoms with Crippen LogP contribution < -0.4 is 4.90 Å². The molecule has 2 aliphatic rings. The Morgan fingerprint density at radius 2 is 1.54 bits per heavy atom. The first-order valence-electron chi connectivity index (χ1n) is 11.4. The number of nitrogens with zero attached hydrogens (tertiary/aromatic N) is 2. The van der Waals surface area contributed by atoms with E-state index in [4.69, 9.17) is 0 Å². The molecule has 3 rings (SSSR count). The third kappa shape index (κ3) is 5.25. The summed E-state index contributed by atoms with van der Waals surface area (Å²) in [6.45, 7) is 10.8. The molecule has 1 aliphatic heterocycles. The van der Waals surface area contributed by atoms with Gasteiger partial charge in [-0.05, 0) is 62.1 Å². The summed E-state index contributed by atoms with van der Waals surface area (Å²) in [5.74, 6) is 1.79. The first kappa shape index (κ1) is 19.7. The summed E-state index contributed by atoms with van der Waals surface area (Å²) in [5.41, 5.74) is 3.18. The fourth-order valence-electron chi connectivity index (χ4n) is 4.97. The van der Waals surface area contributed by atoms with Crippen LogP contribution in [0.25, 0.3) is 0 Å². The molecule has 0 N–H and O–H groups in total. The van der Waals surface area contributed by atoms with Gasteiger partial charge in [-0.1, -0.05) is 57.7 Å². The van der Waals surface area contributed by atoms with Gasteiger partial charge in [-0.25, -0.2) is 0 Å². The van der Waals surface area contributed by atoms with E-state index in [1.807, 2.05) is 0 Å². The van der Waals surface area contributed by atoms with Gasteiger partial charge in [0.05, 0.1) is 0 Å². The van der Waals surface area contributed by atoms with Crippen LogP contribution in [0, 0.1) is 5.92 Å². The number of rotatable bonds is 8. The minimum atomic E-state index is 0.794. The molecule has 2 fully saturated rings. The lowest BCUT2D eigenvalue weighted by Crippen LogP contribution is -2.47. The molecule has 0 atom stereocenters. The van der Waals surface area contributed by atoms with Gasteiger partial charge >= 0.3 is 0 Å². The van der Waals surface area contributed by atoms with Crippen LogP contribution >= 0.6 is 0 Å². The normalized spacial score (nSPS) is 24.8. The van der Waals surface area contributed by atoms with Crippen LogP contribution in [0.2, 0.25) is 0 Å². The van der Waals surface area contributed by atoms with E-state index in [9.17, 15) is 0 Å². The lowest BCUT2D eigenvalue weighted by atomic mass is 9.76. The molecule has 0 bridgehead atoms. The van der Waals surface area contributed by atoms with Gasteiger partial charge in [0.15, 0.2) is 0 Å². The van der Waals surface area contributed by atoms with Gasteiger partial charge in [-0.3, -0.25) is 4.90 Å². The van der Waals surface area contributed by atoms with Crippen molar-refractivity contribution in [2.45, 2.75) is 77.6 Å². The number of hydrogen-bond acceptors (Lipinski definition) is 2. The Morgan fingerprint density at radius 3 is 2.23 bits per heavy atom. The van der Waals surface area contributed by atoms with Crippen molar-refractivity contribution in [3.05, 3.63) is 29.8 Å². The first-order valence-corrected chi connectivity index (χ1v) is 11.4. The second-order valence-corrected chi connectivity index (χ2v) is 8.60. The Bertz CT molecular complexity index is 464. The predicted molar refractivity (Wildman–Crippen MR) is 114 cm³/mol. The molecular weight excluding hydrogens is 316 g/mol. The smallest absolute Gasteiger partial charge is 0.0402 e. The summed E-state index contributed by atoms with van der Waals surface area (Å²) in [7, 11) is 0. The monoisotopic (exact) mass is 356 g/mol. The Hall–Kier alpha value is -1.02. The van der Waals surface area contributed by atoms with Crippen LogP contribution in [0.3, 0.4) is 0 Å². The van der Waals surface area contributed by atoms with Crippen LogP contribution in [-0.4, -0.2) is 37.6 Å². The predicted octanol–water partition coefficient (Wildman–Crippen LogP) is 6.07. The standard InChI is InChI=1S/C24H40N2/c1-3-5-9-21-12-14-22(15-13-21)23-10-7-8-11-24(23)26-19-17-25(18-20-26)16-6-4-2/h7-8,10-11,21-22H,3-6,9,12-20H2,1-2H3. The molecule has 1 saturated heterocycles. The summed E-state index contributed by atoms with van der Waals surface area (Å²) in [6.07, 6.45) is 12.6. The topological polar surface area (TPSA) is 6.48 Å². The number of benzene rings is 1. The van der Waals surface area contributed by atoms with E-state index in [2.05, 4.69) is 47.9 Å². The van der Waals surface area contributed by atoms with Gasteiger partial charge in [0.2, 0.25) is 0 Å². The summed E-state index contributed by atoms with van der Waals surface area (Å²) < 4.78 is 0. The zero-order valence-electron chi connectivity index (χ0n) is 17.3. The van der Waals surface area contributed by atoms with Crippen molar-refractivity contribution in [1.82, 2.24) is 4.90 Å². The van der Waals surface area contributed by atoms with Crippen LogP contribution in [0.1, 0.15) is 83.1 Å². The van der Waals surface area contributed by atoms with Crippen molar-refractivity contribution in [2.75, 3.05) is 37.6 Å². The molecule has 0 radical (unpaired) electrons. The third-order valence-electron chi connectivity index (χ3n) is 6.73. The lowest BCUT2D eigenvalue weighted by Gasteiger charge is -2.38. The number of hydrogen-bond donors (Lipinski definition) is 0. The molecule has 0 aromatic heterocycles. The molecule has 1 aromatic carbocycles. The highest BCUT2D eigenvalue weighted by Crippen LogP contribution is 2.41. The molecule has 0 spiro atoms. The maximum absolute atomic E-state index is 2.67. The second kappa shape index (κ2) is 10.3. The van der Waals surface area contributed by atoms with Crippen molar-refractivity contribution >= 4 is 5.69 Å². The first-order chi connectivity index (χ1) is 12.8. The van der Waals surface area contributed by atoms with Crippen LogP contribution in [0.4, 0.5) is 5.69 Å². The molecule has 26 heavy (non-hydrogen) atoms.